The van der Waals surface area contributed by atoms with Gasteiger partial charge in [-0.15, -0.1) is 0 Å². The van der Waals surface area contributed by atoms with Gasteiger partial charge < -0.3 is 24.7 Å². The zero-order valence-electron chi connectivity index (χ0n) is 18.9. The summed E-state index contributed by atoms with van der Waals surface area (Å²) in [5.41, 5.74) is 1.09. The minimum absolute atomic E-state index is 0.00370. The second-order valence-corrected chi connectivity index (χ2v) is 8.91. The maximum Gasteiger partial charge on any atom is 0.490 e. The maximum atomic E-state index is 12.9. The number of carbonyl (C=O) groups excluding carboxylic acids is 2. The predicted molar refractivity (Wildman–Crippen MR) is 109 cm³/mol. The second kappa shape index (κ2) is 9.32. The Hall–Kier alpha value is -2.63. The first-order chi connectivity index (χ1) is 15.4. The van der Waals surface area contributed by atoms with Gasteiger partial charge in [-0.05, 0) is 39.7 Å². The molecule has 184 valence electrons. The Morgan fingerprint density at radius 3 is 2.33 bits per heavy atom. The molecule has 3 aliphatic heterocycles. The number of carboxylic acids is 1. The molecule has 12 heteroatoms. The lowest BCUT2D eigenvalue weighted by Crippen LogP contribution is -2.56. The Morgan fingerprint density at radius 2 is 1.85 bits per heavy atom. The molecule has 1 spiro atoms. The minimum atomic E-state index is -5.08. The SMILES string of the molecule is CCCN1C[C@H]2C(=O)NC3(CCN(C(=O)c4c(C)noc4C)CC3)[C@H]2C1.O=C(O)C(F)(F)F. The van der Waals surface area contributed by atoms with Gasteiger partial charge in [-0.3, -0.25) is 9.59 Å². The van der Waals surface area contributed by atoms with Gasteiger partial charge in [0.05, 0.1) is 11.6 Å². The number of halogens is 3. The van der Waals surface area contributed by atoms with Crippen LogP contribution in [-0.2, 0) is 9.59 Å². The van der Waals surface area contributed by atoms with Crippen molar-refractivity contribution in [3.8, 4) is 0 Å². The standard InChI is InChI=1S/C19H28N4O3.C2HF3O2/c1-4-7-22-10-14-15(11-22)19(20-17(14)24)5-8-23(9-6-19)18(25)16-12(2)21-26-13(16)3;3-2(4,5)1(6)7/h14-15H,4-11H2,1-3H3,(H,20,24);(H,6,7)/t14-,15+;/m1./s1. The van der Waals surface area contributed by atoms with Crippen LogP contribution in [0.2, 0.25) is 0 Å². The van der Waals surface area contributed by atoms with Crippen LogP contribution in [0.5, 0.6) is 0 Å². The number of nitrogens with zero attached hydrogens (tertiary/aromatic N) is 3. The van der Waals surface area contributed by atoms with Crippen LogP contribution in [0, 0.1) is 25.7 Å². The number of aryl methyl sites for hydroxylation is 2. The summed E-state index contributed by atoms with van der Waals surface area (Å²) < 4.78 is 36.9. The molecule has 9 nitrogen and oxygen atoms in total. The zero-order valence-corrected chi connectivity index (χ0v) is 18.9. The van der Waals surface area contributed by atoms with E-state index < -0.39 is 12.1 Å². The topological polar surface area (TPSA) is 116 Å². The molecule has 1 aromatic heterocycles. The lowest BCUT2D eigenvalue weighted by molar-refractivity contribution is -0.192. The molecule has 0 saturated carbocycles. The molecule has 2 N–H and O–H groups in total. The van der Waals surface area contributed by atoms with Crippen molar-refractivity contribution in [2.45, 2.75) is 51.7 Å². The Kier molecular flexibility index (Phi) is 7.06. The van der Waals surface area contributed by atoms with E-state index in [1.165, 1.54) is 0 Å². The Balaban J connectivity index is 0.000000383. The van der Waals surface area contributed by atoms with Crippen LogP contribution in [0.25, 0.3) is 0 Å². The maximum absolute atomic E-state index is 12.9. The number of rotatable bonds is 3. The summed E-state index contributed by atoms with van der Waals surface area (Å²) in [5.74, 6) is -1.49. The van der Waals surface area contributed by atoms with Crippen molar-refractivity contribution >= 4 is 17.8 Å². The van der Waals surface area contributed by atoms with Gasteiger partial charge in [0.15, 0.2) is 0 Å². The first-order valence-corrected chi connectivity index (χ1v) is 11.0. The van der Waals surface area contributed by atoms with Gasteiger partial charge in [-0.1, -0.05) is 12.1 Å². The number of carboxylic acid groups (broad SMARTS) is 1. The first-order valence-electron chi connectivity index (χ1n) is 11.0. The van der Waals surface area contributed by atoms with Crippen LogP contribution in [0.15, 0.2) is 4.52 Å². The van der Waals surface area contributed by atoms with Crippen LogP contribution >= 0.6 is 0 Å². The van der Waals surface area contributed by atoms with Crippen LogP contribution in [0.4, 0.5) is 13.2 Å². The molecule has 0 aliphatic carbocycles. The smallest absolute Gasteiger partial charge is 0.475 e. The number of aromatic nitrogens is 1. The third kappa shape index (κ3) is 4.99. The van der Waals surface area contributed by atoms with E-state index >= 15 is 0 Å². The average molecular weight is 474 g/mol. The summed E-state index contributed by atoms with van der Waals surface area (Å²) in [5, 5.41) is 14.3. The van der Waals surface area contributed by atoms with E-state index in [0.29, 0.717) is 36.0 Å². The lowest BCUT2D eigenvalue weighted by atomic mass is 9.75. The highest BCUT2D eigenvalue weighted by atomic mass is 19.4. The molecule has 2 atom stereocenters. The van der Waals surface area contributed by atoms with Crippen molar-refractivity contribution < 1.29 is 37.2 Å². The number of carbonyl (C=O) groups is 3. The number of nitrogens with one attached hydrogen (secondary N) is 1. The molecule has 1 aromatic rings. The number of hydrogen-bond acceptors (Lipinski definition) is 6. The number of hydrogen-bond donors (Lipinski definition) is 2. The van der Waals surface area contributed by atoms with E-state index in [9.17, 15) is 22.8 Å². The number of fused-ring (bicyclic) bond motifs is 2. The average Bonchev–Trinajstić information content (AvgIpc) is 3.37. The van der Waals surface area contributed by atoms with Crippen molar-refractivity contribution in [2.75, 3.05) is 32.7 Å². The van der Waals surface area contributed by atoms with E-state index in [1.807, 2.05) is 4.90 Å². The molecule has 0 bridgehead atoms. The van der Waals surface area contributed by atoms with Crippen LogP contribution in [-0.4, -0.2) is 82.3 Å². The molecule has 0 radical (unpaired) electrons. The third-order valence-electron chi connectivity index (χ3n) is 6.79. The summed E-state index contributed by atoms with van der Waals surface area (Å²) >= 11 is 0. The predicted octanol–water partition coefficient (Wildman–Crippen LogP) is 1.99. The molecule has 4 heterocycles. The van der Waals surface area contributed by atoms with Gasteiger partial charge in [0.25, 0.3) is 5.91 Å². The van der Waals surface area contributed by atoms with E-state index in [-0.39, 0.29) is 23.3 Å². The Bertz CT molecular complexity index is 889. The van der Waals surface area contributed by atoms with Crippen LogP contribution in [0.3, 0.4) is 0 Å². The van der Waals surface area contributed by atoms with Crippen molar-refractivity contribution in [1.29, 1.82) is 0 Å². The zero-order chi connectivity index (χ0) is 24.6. The van der Waals surface area contributed by atoms with Gasteiger partial charge in [0.1, 0.15) is 11.3 Å². The molecule has 3 aliphatic rings. The van der Waals surface area contributed by atoms with Gasteiger partial charge in [-0.2, -0.15) is 13.2 Å². The normalized spacial score (nSPS) is 24.3. The summed E-state index contributed by atoms with van der Waals surface area (Å²) in [6.45, 7) is 10.0. The Morgan fingerprint density at radius 1 is 1.24 bits per heavy atom. The molecule has 0 aromatic carbocycles. The molecule has 33 heavy (non-hydrogen) atoms. The third-order valence-corrected chi connectivity index (χ3v) is 6.79. The molecule has 0 unspecified atom stereocenters. The molecular formula is C21H29F3N4O5. The monoisotopic (exact) mass is 474 g/mol. The fraction of sp³-hybridized carbons (Fsp3) is 0.714. The van der Waals surface area contributed by atoms with Crippen molar-refractivity contribution in [2.24, 2.45) is 11.8 Å². The van der Waals surface area contributed by atoms with Crippen molar-refractivity contribution in [3.05, 3.63) is 17.0 Å². The van der Waals surface area contributed by atoms with Gasteiger partial charge in [0, 0.05) is 37.6 Å². The lowest BCUT2D eigenvalue weighted by Gasteiger charge is -2.42. The van der Waals surface area contributed by atoms with Gasteiger partial charge >= 0.3 is 12.1 Å². The Labute approximate surface area is 189 Å². The largest absolute Gasteiger partial charge is 0.490 e. The van der Waals surface area contributed by atoms with Gasteiger partial charge in [0.2, 0.25) is 5.91 Å². The van der Waals surface area contributed by atoms with Gasteiger partial charge in [-0.25, -0.2) is 4.79 Å². The number of piperidine rings is 1. The van der Waals surface area contributed by atoms with E-state index in [4.69, 9.17) is 14.4 Å². The highest BCUT2D eigenvalue weighted by molar-refractivity contribution is 5.96. The highest BCUT2D eigenvalue weighted by Crippen LogP contribution is 2.44. The summed E-state index contributed by atoms with van der Waals surface area (Å²) in [6, 6.07) is 0. The summed E-state index contributed by atoms with van der Waals surface area (Å²) in [4.78, 5) is 38.6. The fourth-order valence-corrected chi connectivity index (χ4v) is 5.19. The molecule has 3 fully saturated rings. The van der Waals surface area contributed by atoms with E-state index in [1.54, 1.807) is 13.8 Å². The highest BCUT2D eigenvalue weighted by Gasteiger charge is 2.57. The van der Waals surface area contributed by atoms with Crippen LogP contribution in [0.1, 0.15) is 48.0 Å². The molecule has 4 rings (SSSR count). The minimum Gasteiger partial charge on any atom is -0.475 e. The second-order valence-electron chi connectivity index (χ2n) is 8.91. The number of alkyl halides is 3. The number of amides is 2. The molecular weight excluding hydrogens is 445 g/mol. The van der Waals surface area contributed by atoms with Crippen LogP contribution < -0.4 is 5.32 Å². The molecule has 2 amide bonds. The number of aliphatic carboxylic acids is 1. The van der Waals surface area contributed by atoms with Crippen molar-refractivity contribution in [3.63, 3.8) is 0 Å². The van der Waals surface area contributed by atoms with E-state index in [2.05, 4.69) is 22.3 Å². The van der Waals surface area contributed by atoms with Crippen molar-refractivity contribution in [1.82, 2.24) is 20.3 Å². The van der Waals surface area contributed by atoms with E-state index in [0.717, 1.165) is 38.9 Å². The molecule has 3 saturated heterocycles. The summed E-state index contributed by atoms with van der Waals surface area (Å²) in [6.07, 6.45) is -2.31. The quantitative estimate of drug-likeness (QED) is 0.688. The summed E-state index contributed by atoms with van der Waals surface area (Å²) in [7, 11) is 0. The number of likely N-dealkylation sites (tertiary alicyclic amines) is 2. The fourth-order valence-electron chi connectivity index (χ4n) is 5.19. The first kappa shape index (κ1) is 25.0.